The number of methoxy groups -OCH3 is 1. The third-order valence-corrected chi connectivity index (χ3v) is 5.99. The lowest BCUT2D eigenvalue weighted by atomic mass is 9.50. The first-order valence-electron chi connectivity index (χ1n) is 7.82. The molecule has 0 bridgehead atoms. The lowest BCUT2D eigenvalue weighted by Crippen LogP contribution is -2.52. The van der Waals surface area contributed by atoms with Gasteiger partial charge in [0.2, 0.25) is 0 Å². The third kappa shape index (κ3) is 1.97. The van der Waals surface area contributed by atoms with E-state index in [1.807, 2.05) is 12.1 Å². The SMILES string of the molecule is COC(=O)[C@]1(C)CCCC2(C)c3cc(O)ccc3CCC21. The standard InChI is InChI=1S/C18H24O3/c1-17-9-4-10-18(2,16(20)21-3)15(17)8-6-12-5-7-13(19)11-14(12)17/h5,7,11,15,19H,4,6,8-10H2,1-3H3/t15?,17?,18-/m1/s1. The zero-order chi connectivity index (χ0) is 15.3. The third-order valence-electron chi connectivity index (χ3n) is 5.99. The summed E-state index contributed by atoms with van der Waals surface area (Å²) in [7, 11) is 1.49. The molecule has 1 aromatic rings. The quantitative estimate of drug-likeness (QED) is 0.803. The molecule has 3 nitrogen and oxygen atoms in total. The topological polar surface area (TPSA) is 46.5 Å². The molecule has 21 heavy (non-hydrogen) atoms. The van der Waals surface area contributed by atoms with Crippen molar-refractivity contribution in [1.29, 1.82) is 0 Å². The number of phenolic OH excluding ortho intramolecular Hbond substituents is 1. The Morgan fingerprint density at radius 1 is 1.33 bits per heavy atom. The van der Waals surface area contributed by atoms with Crippen molar-refractivity contribution in [3.8, 4) is 5.75 Å². The summed E-state index contributed by atoms with van der Waals surface area (Å²) in [5.74, 6) is 0.517. The predicted octanol–water partition coefficient (Wildman–Crippen LogP) is 3.58. The number of ether oxygens (including phenoxy) is 1. The lowest BCUT2D eigenvalue weighted by molar-refractivity contribution is -0.161. The molecular formula is C18H24O3. The molecule has 2 aliphatic rings. The number of rotatable bonds is 1. The van der Waals surface area contributed by atoms with Crippen LogP contribution in [-0.2, 0) is 21.4 Å². The van der Waals surface area contributed by atoms with E-state index in [4.69, 9.17) is 4.74 Å². The Kier molecular flexibility index (Phi) is 3.27. The summed E-state index contributed by atoms with van der Waals surface area (Å²) in [6.07, 6.45) is 4.98. The lowest BCUT2D eigenvalue weighted by Gasteiger charge is -2.54. The Labute approximate surface area is 126 Å². The molecule has 1 fully saturated rings. The van der Waals surface area contributed by atoms with E-state index in [1.165, 1.54) is 18.2 Å². The fraction of sp³-hybridized carbons (Fsp3) is 0.611. The normalized spacial score (nSPS) is 34.7. The Hall–Kier alpha value is -1.51. The molecule has 0 amide bonds. The number of hydrogen-bond acceptors (Lipinski definition) is 3. The molecule has 0 radical (unpaired) electrons. The minimum absolute atomic E-state index is 0.0481. The zero-order valence-electron chi connectivity index (χ0n) is 13.1. The molecule has 114 valence electrons. The maximum Gasteiger partial charge on any atom is 0.311 e. The number of aryl methyl sites for hydroxylation is 1. The van der Waals surface area contributed by atoms with Crippen LogP contribution in [0.1, 0.15) is 50.7 Å². The van der Waals surface area contributed by atoms with Crippen molar-refractivity contribution < 1.29 is 14.6 Å². The van der Waals surface area contributed by atoms with E-state index in [9.17, 15) is 9.90 Å². The van der Waals surface area contributed by atoms with Crippen LogP contribution in [0.3, 0.4) is 0 Å². The Bertz CT molecular complexity index is 580. The van der Waals surface area contributed by atoms with Gasteiger partial charge >= 0.3 is 5.97 Å². The van der Waals surface area contributed by atoms with Crippen LogP contribution in [-0.4, -0.2) is 18.2 Å². The van der Waals surface area contributed by atoms with Crippen molar-refractivity contribution in [1.82, 2.24) is 0 Å². The maximum absolute atomic E-state index is 12.4. The molecule has 3 rings (SSSR count). The summed E-state index contributed by atoms with van der Waals surface area (Å²) in [6, 6.07) is 5.71. The number of fused-ring (bicyclic) bond motifs is 3. The van der Waals surface area contributed by atoms with Crippen molar-refractivity contribution in [2.24, 2.45) is 11.3 Å². The van der Waals surface area contributed by atoms with Crippen molar-refractivity contribution in [3.05, 3.63) is 29.3 Å². The van der Waals surface area contributed by atoms with Gasteiger partial charge in [0.25, 0.3) is 0 Å². The first-order chi connectivity index (χ1) is 9.91. The minimum atomic E-state index is -0.412. The molecule has 0 spiro atoms. The zero-order valence-corrected chi connectivity index (χ0v) is 13.1. The average molecular weight is 288 g/mol. The van der Waals surface area contributed by atoms with E-state index in [-0.39, 0.29) is 17.3 Å². The van der Waals surface area contributed by atoms with Gasteiger partial charge in [-0.15, -0.1) is 0 Å². The van der Waals surface area contributed by atoms with Gasteiger partial charge in [0, 0.05) is 0 Å². The molecule has 1 N–H and O–H groups in total. The number of esters is 1. The summed E-state index contributed by atoms with van der Waals surface area (Å²) >= 11 is 0. The van der Waals surface area contributed by atoms with Crippen molar-refractivity contribution in [3.63, 3.8) is 0 Å². The van der Waals surface area contributed by atoms with Crippen LogP contribution in [0.25, 0.3) is 0 Å². The fourth-order valence-electron chi connectivity index (χ4n) is 4.93. The molecule has 0 aliphatic heterocycles. The summed E-state index contributed by atoms with van der Waals surface area (Å²) in [6.45, 7) is 4.32. The summed E-state index contributed by atoms with van der Waals surface area (Å²) in [5, 5.41) is 9.89. The molecule has 0 saturated heterocycles. The van der Waals surface area contributed by atoms with Gasteiger partial charge in [-0.3, -0.25) is 4.79 Å². The molecule has 2 unspecified atom stereocenters. The van der Waals surface area contributed by atoms with Crippen molar-refractivity contribution in [2.45, 2.75) is 51.4 Å². The van der Waals surface area contributed by atoms with Gasteiger partial charge < -0.3 is 9.84 Å². The van der Waals surface area contributed by atoms with Gasteiger partial charge in [0.15, 0.2) is 0 Å². The van der Waals surface area contributed by atoms with Crippen LogP contribution < -0.4 is 0 Å². The molecule has 2 aliphatic carbocycles. The van der Waals surface area contributed by atoms with E-state index in [1.54, 1.807) is 6.07 Å². The highest BCUT2D eigenvalue weighted by atomic mass is 16.5. The molecular weight excluding hydrogens is 264 g/mol. The summed E-state index contributed by atoms with van der Waals surface area (Å²) < 4.78 is 5.11. The molecule has 3 atom stereocenters. The van der Waals surface area contributed by atoms with Crippen LogP contribution >= 0.6 is 0 Å². The minimum Gasteiger partial charge on any atom is -0.508 e. The average Bonchev–Trinajstić information content (AvgIpc) is 2.46. The van der Waals surface area contributed by atoms with Gasteiger partial charge in [-0.2, -0.15) is 0 Å². The van der Waals surface area contributed by atoms with Crippen LogP contribution in [0, 0.1) is 11.3 Å². The number of phenols is 1. The van der Waals surface area contributed by atoms with E-state index >= 15 is 0 Å². The van der Waals surface area contributed by atoms with Crippen LogP contribution in [0.5, 0.6) is 5.75 Å². The maximum atomic E-state index is 12.4. The van der Waals surface area contributed by atoms with E-state index in [2.05, 4.69) is 13.8 Å². The van der Waals surface area contributed by atoms with Gasteiger partial charge in [-0.1, -0.05) is 19.4 Å². The summed E-state index contributed by atoms with van der Waals surface area (Å²) in [4.78, 5) is 12.4. The van der Waals surface area contributed by atoms with Gasteiger partial charge in [0.05, 0.1) is 12.5 Å². The second-order valence-electron chi connectivity index (χ2n) is 7.11. The van der Waals surface area contributed by atoms with Crippen molar-refractivity contribution >= 4 is 5.97 Å². The second kappa shape index (κ2) is 4.75. The first kappa shape index (κ1) is 14.4. The fourth-order valence-corrected chi connectivity index (χ4v) is 4.93. The van der Waals surface area contributed by atoms with Crippen molar-refractivity contribution in [2.75, 3.05) is 7.11 Å². The molecule has 1 saturated carbocycles. The highest BCUT2D eigenvalue weighted by molar-refractivity contribution is 5.77. The highest BCUT2D eigenvalue weighted by Crippen LogP contribution is 2.57. The van der Waals surface area contributed by atoms with E-state index in [0.29, 0.717) is 5.75 Å². The monoisotopic (exact) mass is 288 g/mol. The molecule has 0 heterocycles. The first-order valence-corrected chi connectivity index (χ1v) is 7.82. The van der Waals surface area contributed by atoms with Crippen LogP contribution in [0.2, 0.25) is 0 Å². The Morgan fingerprint density at radius 3 is 2.81 bits per heavy atom. The molecule has 0 aromatic heterocycles. The smallest absolute Gasteiger partial charge is 0.311 e. The van der Waals surface area contributed by atoms with Crippen LogP contribution in [0.15, 0.2) is 18.2 Å². The van der Waals surface area contributed by atoms with E-state index in [0.717, 1.165) is 32.1 Å². The molecule has 3 heteroatoms. The number of hydrogen-bond donors (Lipinski definition) is 1. The largest absolute Gasteiger partial charge is 0.508 e. The van der Waals surface area contributed by atoms with Gasteiger partial charge in [0.1, 0.15) is 5.75 Å². The van der Waals surface area contributed by atoms with Crippen LogP contribution in [0.4, 0.5) is 0 Å². The molecule has 1 aromatic carbocycles. The predicted molar refractivity (Wildman–Crippen MR) is 81.2 cm³/mol. The summed E-state index contributed by atoms with van der Waals surface area (Å²) in [5.41, 5.74) is 2.09. The van der Waals surface area contributed by atoms with Gasteiger partial charge in [-0.05, 0) is 67.2 Å². The number of carbonyl (C=O) groups excluding carboxylic acids is 1. The number of aromatic hydroxyl groups is 1. The number of carbonyl (C=O) groups is 1. The highest BCUT2D eigenvalue weighted by Gasteiger charge is 2.55. The van der Waals surface area contributed by atoms with Gasteiger partial charge in [-0.25, -0.2) is 0 Å². The van der Waals surface area contributed by atoms with E-state index < -0.39 is 5.41 Å². The Morgan fingerprint density at radius 2 is 2.10 bits per heavy atom. The Balaban J connectivity index is 2.10. The number of benzene rings is 1. The second-order valence-corrected chi connectivity index (χ2v) is 7.11.